The number of ether oxygens (including phenoxy) is 2. The van der Waals surface area contributed by atoms with Gasteiger partial charge < -0.3 is 19.6 Å². The van der Waals surface area contributed by atoms with Crippen LogP contribution < -0.4 is 14.8 Å². The van der Waals surface area contributed by atoms with Crippen LogP contribution in [0.5, 0.6) is 11.5 Å². The molecular formula is C23H23Cl2F2NO4. The molecule has 1 amide bonds. The van der Waals surface area contributed by atoms with Crippen LogP contribution in [0.2, 0.25) is 10.0 Å². The average molecular weight is 486 g/mol. The van der Waals surface area contributed by atoms with Crippen molar-refractivity contribution < 1.29 is 27.8 Å². The van der Waals surface area contributed by atoms with Gasteiger partial charge in [-0.25, -0.2) is 8.78 Å². The van der Waals surface area contributed by atoms with Gasteiger partial charge in [0.2, 0.25) is 0 Å². The Bertz CT molecular complexity index is 1010. The molecule has 0 spiro atoms. The molecule has 32 heavy (non-hydrogen) atoms. The van der Waals surface area contributed by atoms with Gasteiger partial charge in [-0.2, -0.15) is 0 Å². The van der Waals surface area contributed by atoms with E-state index in [4.69, 9.17) is 32.7 Å². The van der Waals surface area contributed by atoms with E-state index in [1.54, 1.807) is 6.07 Å². The summed E-state index contributed by atoms with van der Waals surface area (Å²) in [5.74, 6) is -1.23. The fourth-order valence-corrected chi connectivity index (χ4v) is 4.17. The van der Waals surface area contributed by atoms with Crippen molar-refractivity contribution in [3.63, 3.8) is 0 Å². The number of benzene rings is 2. The lowest BCUT2D eigenvalue weighted by atomic mass is 9.82. The summed E-state index contributed by atoms with van der Waals surface area (Å²) >= 11 is 11.3. The van der Waals surface area contributed by atoms with Gasteiger partial charge in [-0.15, -0.1) is 0 Å². The fraction of sp³-hybridized carbons (Fsp3) is 0.391. The van der Waals surface area contributed by atoms with Crippen LogP contribution >= 0.6 is 23.2 Å². The lowest BCUT2D eigenvalue weighted by Crippen LogP contribution is -2.50. The quantitative estimate of drug-likeness (QED) is 0.485. The maximum Gasteiger partial charge on any atom is 0.258 e. The molecule has 3 rings (SSSR count). The second-order valence-electron chi connectivity index (χ2n) is 8.08. The van der Waals surface area contributed by atoms with Gasteiger partial charge in [0, 0.05) is 17.5 Å². The van der Waals surface area contributed by atoms with Crippen molar-refractivity contribution in [3.8, 4) is 11.5 Å². The molecule has 9 heteroatoms. The van der Waals surface area contributed by atoms with E-state index in [2.05, 4.69) is 5.32 Å². The molecule has 1 fully saturated rings. The maximum atomic E-state index is 13.7. The monoisotopic (exact) mass is 485 g/mol. The highest BCUT2D eigenvalue weighted by molar-refractivity contribution is 6.31. The van der Waals surface area contributed by atoms with Gasteiger partial charge in [0.15, 0.2) is 6.61 Å². The molecule has 1 N–H and O–H groups in total. The number of carbonyl (C=O) groups excluding carboxylic acids is 2. The van der Waals surface area contributed by atoms with Crippen molar-refractivity contribution in [2.45, 2.75) is 38.1 Å². The number of hydrogen-bond acceptors (Lipinski definition) is 4. The molecule has 0 aromatic heterocycles. The van der Waals surface area contributed by atoms with E-state index < -0.39 is 23.1 Å². The number of carbonyl (C=O) groups is 2. The predicted molar refractivity (Wildman–Crippen MR) is 117 cm³/mol. The second-order valence-corrected chi connectivity index (χ2v) is 8.90. The largest absolute Gasteiger partial charge is 0.493 e. The zero-order valence-corrected chi connectivity index (χ0v) is 18.9. The highest BCUT2D eigenvalue weighted by Crippen LogP contribution is 2.46. The Morgan fingerprint density at radius 3 is 2.19 bits per heavy atom. The smallest absolute Gasteiger partial charge is 0.258 e. The third kappa shape index (κ3) is 5.70. The van der Waals surface area contributed by atoms with Crippen molar-refractivity contribution in [3.05, 3.63) is 58.1 Å². The van der Waals surface area contributed by atoms with Crippen LogP contribution in [0.15, 0.2) is 36.4 Å². The number of aldehydes is 1. The normalized spacial score (nSPS) is 22.4. The highest BCUT2D eigenvalue weighted by atomic mass is 35.5. The SMILES string of the molecule is CCC1(COc2ccc(Cl)c(F)c2)CCC(C=O)(NC(=O)COc2ccc(Cl)c(F)c2)C1. The van der Waals surface area contributed by atoms with Gasteiger partial charge in [-0.1, -0.05) is 30.1 Å². The molecule has 1 saturated carbocycles. The summed E-state index contributed by atoms with van der Waals surface area (Å²) in [7, 11) is 0. The topological polar surface area (TPSA) is 64.6 Å². The number of hydrogen-bond donors (Lipinski definition) is 1. The minimum absolute atomic E-state index is 0.00895. The van der Waals surface area contributed by atoms with Gasteiger partial charge in [0.05, 0.1) is 22.2 Å². The van der Waals surface area contributed by atoms with E-state index in [-0.39, 0.29) is 34.4 Å². The van der Waals surface area contributed by atoms with Gasteiger partial charge >= 0.3 is 0 Å². The van der Waals surface area contributed by atoms with Crippen molar-refractivity contribution in [1.82, 2.24) is 5.32 Å². The summed E-state index contributed by atoms with van der Waals surface area (Å²) in [5.41, 5.74) is -1.43. The molecule has 172 valence electrons. The molecule has 2 aromatic rings. The first-order chi connectivity index (χ1) is 15.2. The Kier molecular flexibility index (Phi) is 7.62. The van der Waals surface area contributed by atoms with E-state index >= 15 is 0 Å². The zero-order valence-electron chi connectivity index (χ0n) is 17.4. The standard InChI is InChI=1S/C23H23Cl2F2NO4/c1-2-22(14-32-16-4-6-18(25)20(27)10-16)7-8-23(12-22,13-29)28-21(30)11-31-15-3-5-17(24)19(26)9-15/h3-6,9-10,13H,2,7-8,11-12,14H2,1H3,(H,28,30). The van der Waals surface area contributed by atoms with Crippen LogP contribution in [0.25, 0.3) is 0 Å². The van der Waals surface area contributed by atoms with E-state index in [1.807, 2.05) is 6.92 Å². The molecule has 1 aliphatic carbocycles. The zero-order chi connectivity index (χ0) is 23.4. The van der Waals surface area contributed by atoms with E-state index in [1.165, 1.54) is 24.3 Å². The van der Waals surface area contributed by atoms with E-state index in [0.717, 1.165) is 12.4 Å². The molecule has 0 saturated heterocycles. The molecule has 2 unspecified atom stereocenters. The number of rotatable bonds is 9. The van der Waals surface area contributed by atoms with Gasteiger partial charge in [0.25, 0.3) is 5.91 Å². The average Bonchev–Trinajstić information content (AvgIpc) is 3.15. The Balaban J connectivity index is 1.60. The molecule has 0 radical (unpaired) electrons. The second kappa shape index (κ2) is 10.0. The van der Waals surface area contributed by atoms with Crippen LogP contribution in [0.3, 0.4) is 0 Å². The maximum absolute atomic E-state index is 13.7. The van der Waals surface area contributed by atoms with Gasteiger partial charge in [-0.3, -0.25) is 4.79 Å². The number of amides is 1. The van der Waals surface area contributed by atoms with Crippen molar-refractivity contribution >= 4 is 35.4 Å². The van der Waals surface area contributed by atoms with Crippen LogP contribution in [-0.2, 0) is 9.59 Å². The van der Waals surface area contributed by atoms with Gasteiger partial charge in [-0.05, 0) is 49.9 Å². The van der Waals surface area contributed by atoms with Crippen LogP contribution in [-0.4, -0.2) is 30.9 Å². The van der Waals surface area contributed by atoms with Crippen LogP contribution in [0.1, 0.15) is 32.6 Å². The Morgan fingerprint density at radius 2 is 1.66 bits per heavy atom. The molecule has 5 nitrogen and oxygen atoms in total. The Hall–Kier alpha value is -2.38. The third-order valence-electron chi connectivity index (χ3n) is 5.85. The summed E-state index contributed by atoms with van der Waals surface area (Å²) in [6, 6.07) is 8.07. The van der Waals surface area contributed by atoms with Gasteiger partial charge in [0.1, 0.15) is 29.4 Å². The number of halogens is 4. The minimum atomic E-state index is -1.06. The molecule has 2 atom stereocenters. The first-order valence-corrected chi connectivity index (χ1v) is 10.9. The van der Waals surface area contributed by atoms with Crippen LogP contribution in [0, 0.1) is 17.0 Å². The molecular weight excluding hydrogens is 463 g/mol. The first kappa shape index (κ1) is 24.3. The molecule has 0 heterocycles. The molecule has 0 aliphatic heterocycles. The number of nitrogens with one attached hydrogen (secondary N) is 1. The minimum Gasteiger partial charge on any atom is -0.493 e. The molecule has 2 aromatic carbocycles. The molecule has 0 bridgehead atoms. The first-order valence-electron chi connectivity index (χ1n) is 10.1. The summed E-state index contributed by atoms with van der Waals surface area (Å²) in [4.78, 5) is 24.4. The Morgan fingerprint density at radius 1 is 1.06 bits per heavy atom. The third-order valence-corrected chi connectivity index (χ3v) is 6.47. The fourth-order valence-electron chi connectivity index (χ4n) is 3.93. The van der Waals surface area contributed by atoms with E-state index in [9.17, 15) is 18.4 Å². The highest BCUT2D eigenvalue weighted by Gasteiger charge is 2.48. The lowest BCUT2D eigenvalue weighted by molar-refractivity contribution is -0.128. The summed E-state index contributed by atoms with van der Waals surface area (Å²) < 4.78 is 38.3. The summed E-state index contributed by atoms with van der Waals surface area (Å²) in [5, 5.41) is 2.72. The van der Waals surface area contributed by atoms with Crippen molar-refractivity contribution in [2.75, 3.05) is 13.2 Å². The lowest BCUT2D eigenvalue weighted by Gasteiger charge is -2.31. The van der Waals surface area contributed by atoms with Crippen molar-refractivity contribution in [1.29, 1.82) is 0 Å². The summed E-state index contributed by atoms with van der Waals surface area (Å²) in [6.07, 6.45) is 2.89. The predicted octanol–water partition coefficient (Wildman–Crippen LogP) is 5.36. The van der Waals surface area contributed by atoms with Crippen molar-refractivity contribution in [2.24, 2.45) is 5.41 Å². The summed E-state index contributed by atoms with van der Waals surface area (Å²) in [6.45, 7) is 1.86. The Labute approximate surface area is 195 Å². The van der Waals surface area contributed by atoms with E-state index in [0.29, 0.717) is 31.4 Å². The van der Waals surface area contributed by atoms with Crippen LogP contribution in [0.4, 0.5) is 8.78 Å². The molecule has 1 aliphatic rings.